The Labute approximate surface area is 66.4 Å². The molecular weight excluding hydrogens is 138 g/mol. The normalized spacial score (nSPS) is 10.5. The molecule has 0 saturated heterocycles. The smallest absolute Gasteiger partial charge is 0.128 e. The van der Waals surface area contributed by atoms with Gasteiger partial charge in [-0.3, -0.25) is 0 Å². The van der Waals surface area contributed by atoms with E-state index < -0.39 is 0 Å². The maximum absolute atomic E-state index is 5.70. The number of anilines is 2. The molecule has 0 spiro atoms. The summed E-state index contributed by atoms with van der Waals surface area (Å²) in [5, 5.41) is 0. The van der Waals surface area contributed by atoms with E-state index in [0.717, 1.165) is 11.3 Å². The third kappa shape index (κ3) is 1.42. The predicted molar refractivity (Wildman–Crippen MR) is 47.2 cm³/mol. The van der Waals surface area contributed by atoms with Crippen LogP contribution in [0.1, 0.15) is 25.3 Å². The topological polar surface area (TPSA) is 64.9 Å². The van der Waals surface area contributed by atoms with Crippen LogP contribution in [0.4, 0.5) is 11.5 Å². The summed E-state index contributed by atoms with van der Waals surface area (Å²) in [6, 6.07) is 1.77. The number of pyridine rings is 1. The molecule has 0 unspecified atom stereocenters. The van der Waals surface area contributed by atoms with Crippen molar-refractivity contribution in [1.82, 2.24) is 4.98 Å². The van der Waals surface area contributed by atoms with Crippen molar-refractivity contribution in [2.45, 2.75) is 19.8 Å². The first-order valence-corrected chi connectivity index (χ1v) is 3.62. The van der Waals surface area contributed by atoms with Crippen molar-refractivity contribution < 1.29 is 0 Å². The van der Waals surface area contributed by atoms with E-state index in [1.807, 2.05) is 13.8 Å². The van der Waals surface area contributed by atoms with Crippen LogP contribution in [0.25, 0.3) is 0 Å². The highest BCUT2D eigenvalue weighted by molar-refractivity contribution is 5.58. The molecule has 0 saturated carbocycles. The average Bonchev–Trinajstić information content (AvgIpc) is 1.85. The van der Waals surface area contributed by atoms with Gasteiger partial charge in [0.15, 0.2) is 0 Å². The van der Waals surface area contributed by atoms with Crippen LogP contribution in [0.3, 0.4) is 0 Å². The molecule has 0 atom stereocenters. The number of aromatic nitrogens is 1. The van der Waals surface area contributed by atoms with Gasteiger partial charge < -0.3 is 11.5 Å². The summed E-state index contributed by atoms with van der Waals surface area (Å²) in [5.41, 5.74) is 13.0. The summed E-state index contributed by atoms with van der Waals surface area (Å²) in [6.45, 7) is 4.09. The number of nitrogen functional groups attached to an aromatic ring is 2. The third-order valence-electron chi connectivity index (χ3n) is 1.63. The number of nitrogens with two attached hydrogens (primary N) is 2. The SMILES string of the molecule is CC(C)c1c(N)ccnc1N. The molecule has 4 N–H and O–H groups in total. The first kappa shape index (κ1) is 7.85. The van der Waals surface area contributed by atoms with E-state index in [1.54, 1.807) is 12.3 Å². The molecule has 0 radical (unpaired) electrons. The molecule has 0 aromatic carbocycles. The van der Waals surface area contributed by atoms with Gasteiger partial charge in [-0.2, -0.15) is 0 Å². The first-order chi connectivity index (χ1) is 5.13. The molecule has 60 valence electrons. The summed E-state index contributed by atoms with van der Waals surface area (Å²) in [4.78, 5) is 3.96. The molecule has 3 heteroatoms. The summed E-state index contributed by atoms with van der Waals surface area (Å²) < 4.78 is 0. The molecule has 0 aliphatic carbocycles. The standard InChI is InChI=1S/C8H13N3/c1-5(2)7-6(9)3-4-11-8(7)10/h3-5H,1-2H3,(H4,9,10,11). The van der Waals surface area contributed by atoms with E-state index in [9.17, 15) is 0 Å². The van der Waals surface area contributed by atoms with Gasteiger partial charge in [-0.05, 0) is 12.0 Å². The number of rotatable bonds is 1. The number of hydrogen-bond donors (Lipinski definition) is 2. The quantitative estimate of drug-likeness (QED) is 0.637. The fraction of sp³-hybridized carbons (Fsp3) is 0.375. The average molecular weight is 151 g/mol. The molecule has 0 fully saturated rings. The molecule has 1 aromatic rings. The van der Waals surface area contributed by atoms with Crippen molar-refractivity contribution >= 4 is 11.5 Å². The van der Waals surface area contributed by atoms with E-state index in [0.29, 0.717) is 11.7 Å². The fourth-order valence-electron chi connectivity index (χ4n) is 1.13. The van der Waals surface area contributed by atoms with Crippen LogP contribution in [-0.4, -0.2) is 4.98 Å². The van der Waals surface area contributed by atoms with E-state index in [-0.39, 0.29) is 0 Å². The van der Waals surface area contributed by atoms with Crippen LogP contribution >= 0.6 is 0 Å². The van der Waals surface area contributed by atoms with Gasteiger partial charge >= 0.3 is 0 Å². The Morgan fingerprint density at radius 2 is 2.00 bits per heavy atom. The van der Waals surface area contributed by atoms with Crippen LogP contribution in [0.15, 0.2) is 12.3 Å². The van der Waals surface area contributed by atoms with Crippen LogP contribution in [0.2, 0.25) is 0 Å². The van der Waals surface area contributed by atoms with Crippen LogP contribution in [0.5, 0.6) is 0 Å². The van der Waals surface area contributed by atoms with Crippen molar-refractivity contribution in [2.24, 2.45) is 0 Å². The maximum Gasteiger partial charge on any atom is 0.128 e. The molecule has 0 amide bonds. The predicted octanol–water partition coefficient (Wildman–Crippen LogP) is 1.37. The van der Waals surface area contributed by atoms with Crippen molar-refractivity contribution in [1.29, 1.82) is 0 Å². The van der Waals surface area contributed by atoms with Gasteiger partial charge in [-0.15, -0.1) is 0 Å². The highest BCUT2D eigenvalue weighted by atomic mass is 14.8. The second-order valence-electron chi connectivity index (χ2n) is 2.85. The zero-order valence-corrected chi connectivity index (χ0v) is 6.83. The molecule has 1 heterocycles. The second-order valence-corrected chi connectivity index (χ2v) is 2.85. The number of nitrogens with zero attached hydrogens (tertiary/aromatic N) is 1. The Balaban J connectivity index is 3.21. The van der Waals surface area contributed by atoms with Gasteiger partial charge in [0, 0.05) is 17.4 Å². The van der Waals surface area contributed by atoms with E-state index in [2.05, 4.69) is 4.98 Å². The minimum Gasteiger partial charge on any atom is -0.398 e. The van der Waals surface area contributed by atoms with Gasteiger partial charge in [0.1, 0.15) is 5.82 Å². The van der Waals surface area contributed by atoms with Crippen molar-refractivity contribution in [3.8, 4) is 0 Å². The van der Waals surface area contributed by atoms with Crippen molar-refractivity contribution in [3.05, 3.63) is 17.8 Å². The summed E-state index contributed by atoms with van der Waals surface area (Å²) >= 11 is 0. The molecule has 0 aliphatic heterocycles. The Kier molecular flexibility index (Phi) is 1.98. The molecule has 1 rings (SSSR count). The molecule has 0 aliphatic rings. The fourth-order valence-corrected chi connectivity index (χ4v) is 1.13. The lowest BCUT2D eigenvalue weighted by molar-refractivity contribution is 0.866. The van der Waals surface area contributed by atoms with Crippen LogP contribution < -0.4 is 11.5 Å². The monoisotopic (exact) mass is 151 g/mol. The molecule has 11 heavy (non-hydrogen) atoms. The van der Waals surface area contributed by atoms with Crippen molar-refractivity contribution in [2.75, 3.05) is 11.5 Å². The van der Waals surface area contributed by atoms with Crippen LogP contribution in [0, 0.1) is 0 Å². The maximum atomic E-state index is 5.70. The van der Waals surface area contributed by atoms with Gasteiger partial charge in [0.2, 0.25) is 0 Å². The third-order valence-corrected chi connectivity index (χ3v) is 1.63. The summed E-state index contributed by atoms with van der Waals surface area (Å²) in [6.07, 6.45) is 1.62. The minimum atomic E-state index is 0.337. The highest BCUT2D eigenvalue weighted by Gasteiger charge is 2.07. The Bertz CT molecular complexity index is 235. The van der Waals surface area contributed by atoms with E-state index in [1.165, 1.54) is 0 Å². The van der Waals surface area contributed by atoms with Crippen molar-refractivity contribution in [3.63, 3.8) is 0 Å². The lowest BCUT2D eigenvalue weighted by Gasteiger charge is -2.10. The lowest BCUT2D eigenvalue weighted by atomic mass is 10.0. The summed E-state index contributed by atoms with van der Waals surface area (Å²) in [7, 11) is 0. The Hall–Kier alpha value is -1.25. The lowest BCUT2D eigenvalue weighted by Crippen LogP contribution is -2.03. The van der Waals surface area contributed by atoms with Crippen LogP contribution in [-0.2, 0) is 0 Å². The molecule has 3 nitrogen and oxygen atoms in total. The van der Waals surface area contributed by atoms with Gasteiger partial charge in [-0.1, -0.05) is 13.8 Å². The molecular formula is C8H13N3. The molecule has 1 aromatic heterocycles. The van der Waals surface area contributed by atoms with Gasteiger partial charge in [0.25, 0.3) is 0 Å². The van der Waals surface area contributed by atoms with Gasteiger partial charge in [0.05, 0.1) is 0 Å². The minimum absolute atomic E-state index is 0.337. The zero-order chi connectivity index (χ0) is 8.43. The van der Waals surface area contributed by atoms with E-state index in [4.69, 9.17) is 11.5 Å². The Morgan fingerprint density at radius 1 is 1.36 bits per heavy atom. The zero-order valence-electron chi connectivity index (χ0n) is 6.83. The first-order valence-electron chi connectivity index (χ1n) is 3.62. The molecule has 0 bridgehead atoms. The highest BCUT2D eigenvalue weighted by Crippen LogP contribution is 2.25. The number of hydrogen-bond acceptors (Lipinski definition) is 3. The largest absolute Gasteiger partial charge is 0.398 e. The Morgan fingerprint density at radius 3 is 2.36 bits per heavy atom. The van der Waals surface area contributed by atoms with Gasteiger partial charge in [-0.25, -0.2) is 4.98 Å². The van der Waals surface area contributed by atoms with E-state index >= 15 is 0 Å². The second kappa shape index (κ2) is 2.78. The summed E-state index contributed by atoms with van der Waals surface area (Å²) in [5.74, 6) is 0.878.